The summed E-state index contributed by atoms with van der Waals surface area (Å²) in [6, 6.07) is 6.97. The number of esters is 1. The minimum Gasteiger partial charge on any atom is -0.466 e. The lowest BCUT2D eigenvalue weighted by Crippen LogP contribution is -2.47. The molecule has 0 radical (unpaired) electrons. The highest BCUT2D eigenvalue weighted by atomic mass is 35.5. The van der Waals surface area contributed by atoms with E-state index in [2.05, 4.69) is 15.6 Å². The Morgan fingerprint density at radius 3 is 2.43 bits per heavy atom. The van der Waals surface area contributed by atoms with Crippen LogP contribution >= 0.6 is 11.6 Å². The molecule has 35 heavy (non-hydrogen) atoms. The fraction of sp³-hybridized carbons (Fsp3) is 0.400. The average molecular weight is 510 g/mol. The number of carbonyl (C=O) groups excluding carboxylic acids is 2. The molecule has 0 aliphatic heterocycles. The van der Waals surface area contributed by atoms with Crippen LogP contribution in [0, 0.1) is 23.4 Å². The van der Waals surface area contributed by atoms with Crippen molar-refractivity contribution in [3.05, 3.63) is 70.0 Å². The van der Waals surface area contributed by atoms with Gasteiger partial charge in [-0.2, -0.15) is 0 Å². The van der Waals surface area contributed by atoms with Gasteiger partial charge in [-0.25, -0.2) is 18.2 Å². The summed E-state index contributed by atoms with van der Waals surface area (Å²) in [6.07, 6.45) is 3.38. The minimum atomic E-state index is -1.15. The number of ether oxygens (including phenoxy) is 1. The van der Waals surface area contributed by atoms with E-state index in [4.69, 9.17) is 16.3 Å². The zero-order valence-electron chi connectivity index (χ0n) is 19.3. The van der Waals surface area contributed by atoms with Crippen molar-refractivity contribution >= 4 is 29.4 Å². The predicted molar refractivity (Wildman–Crippen MR) is 127 cm³/mol. The van der Waals surface area contributed by atoms with Crippen LogP contribution < -0.4 is 10.6 Å². The maximum absolute atomic E-state index is 14.2. The maximum atomic E-state index is 14.2. The summed E-state index contributed by atoms with van der Waals surface area (Å²) in [5.41, 5.74) is 0.183. The second-order valence-corrected chi connectivity index (χ2v) is 8.79. The van der Waals surface area contributed by atoms with Crippen LogP contribution in [0.4, 0.5) is 13.2 Å². The average Bonchev–Trinajstić information content (AvgIpc) is 2.81. The Morgan fingerprint density at radius 1 is 1.03 bits per heavy atom. The van der Waals surface area contributed by atoms with Gasteiger partial charge in [-0.05, 0) is 68.9 Å². The highest BCUT2D eigenvalue weighted by Gasteiger charge is 2.25. The third-order valence-corrected chi connectivity index (χ3v) is 6.02. The number of guanidine groups is 1. The van der Waals surface area contributed by atoms with E-state index in [1.807, 2.05) is 0 Å². The van der Waals surface area contributed by atoms with Crippen LogP contribution in [0.5, 0.6) is 0 Å². The fourth-order valence-corrected chi connectivity index (χ4v) is 4.07. The number of hydrogen-bond donors (Lipinski definition) is 2. The zero-order chi connectivity index (χ0) is 25.4. The topological polar surface area (TPSA) is 79.8 Å². The number of benzene rings is 2. The Balaban J connectivity index is 1.69. The number of rotatable bonds is 7. The van der Waals surface area contributed by atoms with Gasteiger partial charge in [0.2, 0.25) is 0 Å². The van der Waals surface area contributed by atoms with E-state index >= 15 is 0 Å². The summed E-state index contributed by atoms with van der Waals surface area (Å²) in [4.78, 5) is 28.7. The first-order chi connectivity index (χ1) is 16.7. The lowest BCUT2D eigenvalue weighted by Gasteiger charge is -2.29. The number of amides is 1. The number of nitrogens with one attached hydrogen (secondary N) is 2. The van der Waals surface area contributed by atoms with Crippen LogP contribution in [0.1, 0.15) is 54.9 Å². The van der Waals surface area contributed by atoms with Crippen LogP contribution in [-0.4, -0.2) is 30.5 Å². The molecule has 1 aliphatic rings. The van der Waals surface area contributed by atoms with E-state index in [0.29, 0.717) is 13.0 Å². The van der Waals surface area contributed by atoms with E-state index in [1.54, 1.807) is 6.92 Å². The van der Waals surface area contributed by atoms with Crippen molar-refractivity contribution in [3.63, 3.8) is 0 Å². The van der Waals surface area contributed by atoms with Gasteiger partial charge in [0, 0.05) is 28.6 Å². The molecule has 0 atom stereocenters. The third-order valence-electron chi connectivity index (χ3n) is 5.78. The van der Waals surface area contributed by atoms with Gasteiger partial charge in [-0.15, -0.1) is 0 Å². The summed E-state index contributed by atoms with van der Waals surface area (Å²) < 4.78 is 46.0. The van der Waals surface area contributed by atoms with Crippen molar-refractivity contribution in [2.24, 2.45) is 10.9 Å². The first-order valence-electron chi connectivity index (χ1n) is 11.4. The largest absolute Gasteiger partial charge is 0.466 e. The van der Waals surface area contributed by atoms with Crippen molar-refractivity contribution in [3.8, 4) is 0 Å². The van der Waals surface area contributed by atoms with Gasteiger partial charge in [0.05, 0.1) is 13.2 Å². The van der Waals surface area contributed by atoms with Gasteiger partial charge in [0.1, 0.15) is 5.82 Å². The second kappa shape index (κ2) is 12.6. The van der Waals surface area contributed by atoms with E-state index in [1.165, 1.54) is 18.2 Å². The molecule has 188 valence electrons. The molecule has 0 heterocycles. The highest BCUT2D eigenvalue weighted by molar-refractivity contribution is 6.30. The number of carbonyl (C=O) groups is 2. The molecule has 0 unspecified atom stereocenters. The van der Waals surface area contributed by atoms with Gasteiger partial charge in [0.25, 0.3) is 5.91 Å². The van der Waals surface area contributed by atoms with Crippen molar-refractivity contribution < 1.29 is 27.5 Å². The van der Waals surface area contributed by atoms with E-state index in [9.17, 15) is 22.8 Å². The van der Waals surface area contributed by atoms with Crippen LogP contribution in [0.25, 0.3) is 0 Å². The smallest absolute Gasteiger partial charge is 0.306 e. The molecule has 0 aromatic heterocycles. The third kappa shape index (κ3) is 7.99. The van der Waals surface area contributed by atoms with Crippen molar-refractivity contribution in [2.45, 2.75) is 51.6 Å². The number of nitrogens with zero attached hydrogens (tertiary/aromatic N) is 1. The van der Waals surface area contributed by atoms with Gasteiger partial charge >= 0.3 is 5.97 Å². The molecule has 1 fully saturated rings. The van der Waals surface area contributed by atoms with Crippen molar-refractivity contribution in [1.29, 1.82) is 0 Å². The number of aliphatic imine (C=N–C) groups is 1. The number of hydrogen-bond acceptors (Lipinski definition) is 4. The van der Waals surface area contributed by atoms with Crippen LogP contribution in [-0.2, 0) is 16.1 Å². The van der Waals surface area contributed by atoms with Gasteiger partial charge in [0.15, 0.2) is 17.6 Å². The molecule has 2 N–H and O–H groups in total. The standard InChI is InChI=1S/C25H27ClF3N3O3/c1-2-35-23(33)11-15-3-8-19(9-4-15)31-25(30-14-17-5-7-18(26)13-21(17)28)32-24(34)16-6-10-20(27)22(29)12-16/h5-7,10,12-13,15,19H,2-4,8-9,11,14H2,1H3,(H2,30,31,32,34). The van der Waals surface area contributed by atoms with Crippen molar-refractivity contribution in [2.75, 3.05) is 6.61 Å². The van der Waals surface area contributed by atoms with Crippen molar-refractivity contribution in [1.82, 2.24) is 10.6 Å². The van der Waals surface area contributed by atoms with Crippen LogP contribution in [0.15, 0.2) is 41.4 Å². The monoisotopic (exact) mass is 509 g/mol. The molecule has 1 amide bonds. The SMILES string of the molecule is CCOC(=O)CC1CCC(NC(=NCc2ccc(Cl)cc2F)NC(=O)c2ccc(F)c(F)c2)CC1. The zero-order valence-corrected chi connectivity index (χ0v) is 20.0. The normalized spacial score (nSPS) is 18.1. The van der Waals surface area contributed by atoms with E-state index in [-0.39, 0.29) is 46.6 Å². The first-order valence-corrected chi connectivity index (χ1v) is 11.8. The Morgan fingerprint density at radius 2 is 1.77 bits per heavy atom. The second-order valence-electron chi connectivity index (χ2n) is 8.35. The fourth-order valence-electron chi connectivity index (χ4n) is 3.91. The summed E-state index contributed by atoms with van der Waals surface area (Å²) >= 11 is 5.80. The quantitative estimate of drug-likeness (QED) is 0.307. The number of halogens is 4. The first kappa shape index (κ1) is 26.5. The lowest BCUT2D eigenvalue weighted by molar-refractivity contribution is -0.144. The summed E-state index contributed by atoms with van der Waals surface area (Å²) in [5, 5.41) is 5.99. The molecule has 2 aromatic rings. The summed E-state index contributed by atoms with van der Waals surface area (Å²) in [6.45, 7) is 2.03. The maximum Gasteiger partial charge on any atom is 0.306 e. The molecule has 3 rings (SSSR count). The molecule has 6 nitrogen and oxygen atoms in total. The molecule has 1 saturated carbocycles. The Hall–Kier alpha value is -3.07. The molecule has 10 heteroatoms. The minimum absolute atomic E-state index is 0.0486. The molecule has 0 bridgehead atoms. The predicted octanol–water partition coefficient (Wildman–Crippen LogP) is 5.14. The molecular weight excluding hydrogens is 483 g/mol. The molecule has 1 aliphatic carbocycles. The van der Waals surface area contributed by atoms with Gasteiger partial charge in [-0.1, -0.05) is 17.7 Å². The summed E-state index contributed by atoms with van der Waals surface area (Å²) in [5.74, 6) is -3.35. The highest BCUT2D eigenvalue weighted by Crippen LogP contribution is 2.27. The van der Waals surface area contributed by atoms with Gasteiger partial charge < -0.3 is 10.1 Å². The van der Waals surface area contributed by atoms with Gasteiger partial charge in [-0.3, -0.25) is 14.9 Å². The Labute approximate surface area is 206 Å². The van der Waals surface area contributed by atoms with Crippen LogP contribution in [0.3, 0.4) is 0 Å². The van der Waals surface area contributed by atoms with E-state index in [0.717, 1.165) is 43.9 Å². The Bertz CT molecular complexity index is 1090. The van der Waals surface area contributed by atoms with Crippen LogP contribution in [0.2, 0.25) is 5.02 Å². The molecular formula is C25H27ClF3N3O3. The molecule has 0 saturated heterocycles. The Kier molecular flexibility index (Phi) is 9.54. The molecule has 2 aromatic carbocycles. The lowest BCUT2D eigenvalue weighted by atomic mass is 9.84. The molecule has 0 spiro atoms. The summed E-state index contributed by atoms with van der Waals surface area (Å²) in [7, 11) is 0. The van der Waals surface area contributed by atoms with E-state index < -0.39 is 23.4 Å².